The molecular formula is C25H33NO3. The smallest absolute Gasteiger partial charge is 0.130 e. The van der Waals surface area contributed by atoms with Gasteiger partial charge in [0.15, 0.2) is 0 Å². The molecule has 1 fully saturated rings. The second kappa shape index (κ2) is 7.06. The van der Waals surface area contributed by atoms with Crippen molar-refractivity contribution in [2.45, 2.75) is 71.0 Å². The predicted molar refractivity (Wildman–Crippen MR) is 114 cm³/mol. The highest BCUT2D eigenvalue weighted by molar-refractivity contribution is 5.79. The summed E-state index contributed by atoms with van der Waals surface area (Å²) in [6, 6.07) is 6.54. The van der Waals surface area contributed by atoms with Crippen LogP contribution in [0.2, 0.25) is 0 Å². The molecule has 156 valence electrons. The van der Waals surface area contributed by atoms with Crippen LogP contribution in [0.3, 0.4) is 0 Å². The van der Waals surface area contributed by atoms with E-state index >= 15 is 0 Å². The summed E-state index contributed by atoms with van der Waals surface area (Å²) in [5.41, 5.74) is 3.53. The number of nitriles is 1. The molecule has 29 heavy (non-hydrogen) atoms. The molecule has 0 spiro atoms. The van der Waals surface area contributed by atoms with E-state index in [2.05, 4.69) is 39.8 Å². The molecule has 0 unspecified atom stereocenters. The second-order valence-corrected chi connectivity index (χ2v) is 10.1. The minimum Gasteiger partial charge on any atom is -0.497 e. The highest BCUT2D eigenvalue weighted by Gasteiger charge is 2.55. The van der Waals surface area contributed by atoms with Gasteiger partial charge in [-0.15, -0.1) is 0 Å². The molecule has 0 N–H and O–H groups in total. The molecule has 3 aliphatic rings. The Bertz CT molecular complexity index is 875. The van der Waals surface area contributed by atoms with Crippen LogP contribution < -0.4 is 9.47 Å². The molecule has 0 radical (unpaired) electrons. The topological polar surface area (TPSA) is 51.5 Å². The number of ether oxygens (including phenoxy) is 3. The number of hydrogen-bond acceptors (Lipinski definition) is 4. The van der Waals surface area contributed by atoms with Gasteiger partial charge in [0.2, 0.25) is 0 Å². The summed E-state index contributed by atoms with van der Waals surface area (Å²) in [4.78, 5) is 0. The molecule has 3 aliphatic carbocycles. The van der Waals surface area contributed by atoms with Gasteiger partial charge in [0, 0.05) is 17.0 Å². The lowest BCUT2D eigenvalue weighted by atomic mass is 9.58. The maximum Gasteiger partial charge on any atom is 0.130 e. The van der Waals surface area contributed by atoms with Crippen LogP contribution in [0.25, 0.3) is 5.57 Å². The zero-order chi connectivity index (χ0) is 21.0. The minimum absolute atomic E-state index is 0.124. The van der Waals surface area contributed by atoms with E-state index in [0.717, 1.165) is 48.3 Å². The molecular weight excluding hydrogens is 362 g/mol. The first kappa shape index (κ1) is 20.3. The maximum absolute atomic E-state index is 9.99. The van der Waals surface area contributed by atoms with E-state index in [1.165, 1.54) is 5.57 Å². The van der Waals surface area contributed by atoms with Crippen LogP contribution in [-0.2, 0) is 4.74 Å². The molecule has 0 amide bonds. The van der Waals surface area contributed by atoms with Gasteiger partial charge in [-0.1, -0.05) is 13.0 Å². The van der Waals surface area contributed by atoms with Crippen molar-refractivity contribution in [3.8, 4) is 17.6 Å². The van der Waals surface area contributed by atoms with Gasteiger partial charge < -0.3 is 14.2 Å². The summed E-state index contributed by atoms with van der Waals surface area (Å²) in [5.74, 6) is 2.34. The van der Waals surface area contributed by atoms with Crippen LogP contribution in [0.4, 0.5) is 0 Å². The number of benzene rings is 1. The number of nitrogens with zero attached hydrogens (tertiary/aromatic N) is 1. The van der Waals surface area contributed by atoms with Crippen molar-refractivity contribution in [3.05, 3.63) is 29.3 Å². The maximum atomic E-state index is 9.99. The monoisotopic (exact) mass is 395 g/mol. The van der Waals surface area contributed by atoms with E-state index < -0.39 is 0 Å². The van der Waals surface area contributed by atoms with Crippen LogP contribution in [-0.4, -0.2) is 25.9 Å². The Balaban J connectivity index is 1.79. The Morgan fingerprint density at radius 2 is 1.90 bits per heavy atom. The van der Waals surface area contributed by atoms with Crippen LogP contribution in [0, 0.1) is 28.6 Å². The Labute approximate surface area is 174 Å². The normalized spacial score (nSPS) is 33.1. The van der Waals surface area contributed by atoms with Gasteiger partial charge in [-0.05, 0) is 75.5 Å². The lowest BCUT2D eigenvalue weighted by Crippen LogP contribution is -2.43. The summed E-state index contributed by atoms with van der Waals surface area (Å²) < 4.78 is 17.8. The number of rotatable bonds is 3. The Kier molecular flexibility index (Phi) is 4.94. The molecule has 0 saturated heterocycles. The summed E-state index contributed by atoms with van der Waals surface area (Å²) >= 11 is 0. The highest BCUT2D eigenvalue weighted by Crippen LogP contribution is 2.62. The summed E-state index contributed by atoms with van der Waals surface area (Å²) in [6.07, 6.45) is 6.81. The van der Waals surface area contributed by atoms with Crippen LogP contribution in [0.5, 0.6) is 11.5 Å². The molecule has 0 bridgehead atoms. The molecule has 1 saturated carbocycles. The van der Waals surface area contributed by atoms with Gasteiger partial charge in [-0.25, -0.2) is 0 Å². The highest BCUT2D eigenvalue weighted by atomic mass is 16.5. The average Bonchev–Trinajstić information content (AvgIpc) is 3.01. The zero-order valence-electron chi connectivity index (χ0n) is 18.5. The summed E-state index contributed by atoms with van der Waals surface area (Å²) in [6.45, 7) is 8.84. The van der Waals surface area contributed by atoms with Crippen LogP contribution >= 0.6 is 0 Å². The fourth-order valence-electron chi connectivity index (χ4n) is 6.05. The van der Waals surface area contributed by atoms with E-state index in [1.54, 1.807) is 14.2 Å². The van der Waals surface area contributed by atoms with Gasteiger partial charge in [0.25, 0.3) is 0 Å². The Hall–Kier alpha value is -1.99. The Morgan fingerprint density at radius 1 is 1.14 bits per heavy atom. The van der Waals surface area contributed by atoms with E-state index in [0.29, 0.717) is 11.8 Å². The first-order chi connectivity index (χ1) is 13.7. The standard InChI is InChI=1S/C25H33NO3/c1-24(2,3)29-22-8-7-20-19-11-15(14-26)18-12-16(27-5)13-21(28-6)23(18)17(19)9-10-25(20,22)4/h9,12-13,15,19-20,22H,7-8,10-11H2,1-6H3/t15-,19-,20+,22+,25+/m1/s1. The van der Waals surface area contributed by atoms with Gasteiger partial charge >= 0.3 is 0 Å². The molecule has 0 aliphatic heterocycles. The molecule has 1 aromatic carbocycles. The fourth-order valence-corrected chi connectivity index (χ4v) is 6.05. The van der Waals surface area contributed by atoms with Crippen molar-refractivity contribution in [2.24, 2.45) is 17.3 Å². The molecule has 4 nitrogen and oxygen atoms in total. The van der Waals surface area contributed by atoms with Crippen LogP contribution in [0.1, 0.15) is 70.4 Å². The lowest BCUT2D eigenvalue weighted by molar-refractivity contribution is -0.112. The Morgan fingerprint density at radius 3 is 2.52 bits per heavy atom. The molecule has 4 rings (SSSR count). The van der Waals surface area contributed by atoms with Gasteiger partial charge in [0.05, 0.1) is 37.9 Å². The van der Waals surface area contributed by atoms with Crippen molar-refractivity contribution in [1.82, 2.24) is 0 Å². The number of methoxy groups -OCH3 is 2. The molecule has 1 aromatic rings. The third-order valence-corrected chi connectivity index (χ3v) is 7.34. The summed E-state index contributed by atoms with van der Waals surface area (Å²) in [7, 11) is 3.36. The molecule has 5 atom stereocenters. The van der Waals surface area contributed by atoms with Gasteiger partial charge in [0.1, 0.15) is 11.5 Å². The summed E-state index contributed by atoms with van der Waals surface area (Å²) in [5, 5.41) is 9.99. The SMILES string of the molecule is COc1cc(OC)c2c(c1)[C@@H](C#N)C[C@@H]1C2=CC[C@]2(C)[C@@H](OC(C)(C)C)CC[C@@H]12. The lowest BCUT2D eigenvalue weighted by Gasteiger charge is -2.48. The average molecular weight is 396 g/mol. The molecule has 4 heteroatoms. The van der Waals surface area contributed by atoms with E-state index in [9.17, 15) is 5.26 Å². The van der Waals surface area contributed by atoms with E-state index in [4.69, 9.17) is 14.2 Å². The first-order valence-electron chi connectivity index (χ1n) is 10.8. The van der Waals surface area contributed by atoms with Gasteiger partial charge in [-0.2, -0.15) is 5.26 Å². The minimum atomic E-state index is -0.138. The van der Waals surface area contributed by atoms with Gasteiger partial charge in [-0.3, -0.25) is 0 Å². The third-order valence-electron chi connectivity index (χ3n) is 7.34. The van der Waals surface area contributed by atoms with Crippen LogP contribution in [0.15, 0.2) is 18.2 Å². The third kappa shape index (κ3) is 3.24. The number of allylic oxidation sites excluding steroid dienone is 2. The van der Waals surface area contributed by atoms with Crippen molar-refractivity contribution in [3.63, 3.8) is 0 Å². The molecule has 0 heterocycles. The predicted octanol–water partition coefficient (Wildman–Crippen LogP) is 5.72. The number of hydrogen-bond donors (Lipinski definition) is 0. The first-order valence-corrected chi connectivity index (χ1v) is 10.8. The number of fused-ring (bicyclic) bond motifs is 5. The van der Waals surface area contributed by atoms with E-state index in [1.807, 2.05) is 12.1 Å². The quantitative estimate of drug-likeness (QED) is 0.657. The van der Waals surface area contributed by atoms with Crippen molar-refractivity contribution in [2.75, 3.05) is 14.2 Å². The van der Waals surface area contributed by atoms with Crippen molar-refractivity contribution < 1.29 is 14.2 Å². The van der Waals surface area contributed by atoms with Crippen molar-refractivity contribution in [1.29, 1.82) is 5.26 Å². The second-order valence-electron chi connectivity index (χ2n) is 10.1. The van der Waals surface area contributed by atoms with Crippen molar-refractivity contribution >= 4 is 5.57 Å². The largest absolute Gasteiger partial charge is 0.497 e. The van der Waals surface area contributed by atoms with E-state index in [-0.39, 0.29) is 23.0 Å². The molecule has 0 aromatic heterocycles. The fraction of sp³-hybridized carbons (Fsp3) is 0.640. The zero-order valence-corrected chi connectivity index (χ0v) is 18.5.